The van der Waals surface area contributed by atoms with E-state index >= 15 is 0 Å². The second kappa shape index (κ2) is 8.08. The molecule has 2 rings (SSSR count). The molecule has 0 aliphatic heterocycles. The van der Waals surface area contributed by atoms with Gasteiger partial charge in [-0.25, -0.2) is 4.99 Å². The fourth-order valence-electron chi connectivity index (χ4n) is 1.73. The third-order valence-electron chi connectivity index (χ3n) is 2.89. The molecule has 1 aromatic rings. The van der Waals surface area contributed by atoms with Crippen molar-refractivity contribution in [3.63, 3.8) is 0 Å². The van der Waals surface area contributed by atoms with Crippen molar-refractivity contribution in [2.45, 2.75) is 32.4 Å². The Morgan fingerprint density at radius 1 is 1.45 bits per heavy atom. The van der Waals surface area contributed by atoms with Crippen molar-refractivity contribution < 1.29 is 4.79 Å². The number of amides is 1. The zero-order chi connectivity index (χ0) is 13.7. The van der Waals surface area contributed by atoms with Crippen molar-refractivity contribution in [1.82, 2.24) is 10.6 Å². The van der Waals surface area contributed by atoms with Crippen molar-refractivity contribution in [2.75, 3.05) is 6.54 Å². The molecule has 0 spiro atoms. The second-order valence-corrected chi connectivity index (χ2v) is 4.68. The third kappa shape index (κ3) is 5.36. The van der Waals surface area contributed by atoms with Crippen LogP contribution in [0.5, 0.6) is 0 Å². The van der Waals surface area contributed by atoms with Crippen LogP contribution in [0.4, 0.5) is 0 Å². The summed E-state index contributed by atoms with van der Waals surface area (Å²) in [6, 6.07) is 7.83. The van der Waals surface area contributed by atoms with Crippen LogP contribution in [0.3, 0.4) is 0 Å². The molecule has 6 heteroatoms. The minimum atomic E-state index is -0.408. The first-order valence-electron chi connectivity index (χ1n) is 6.62. The van der Waals surface area contributed by atoms with Crippen molar-refractivity contribution in [1.29, 1.82) is 0 Å². The number of halogens is 1. The van der Waals surface area contributed by atoms with Crippen molar-refractivity contribution in [3.8, 4) is 0 Å². The Hall–Kier alpha value is -1.31. The van der Waals surface area contributed by atoms with E-state index in [0.29, 0.717) is 18.2 Å². The quantitative estimate of drug-likeness (QED) is 0.408. The number of carbonyl (C=O) groups is 1. The maximum absolute atomic E-state index is 11.1. The fraction of sp³-hybridized carbons (Fsp3) is 0.429. The lowest BCUT2D eigenvalue weighted by atomic mass is 10.1. The molecule has 0 atom stereocenters. The number of rotatable bonds is 5. The number of nitrogens with zero attached hydrogens (tertiary/aromatic N) is 1. The zero-order valence-corrected chi connectivity index (χ0v) is 13.9. The van der Waals surface area contributed by atoms with Gasteiger partial charge in [0.05, 0.1) is 6.54 Å². The number of nitrogens with one attached hydrogen (secondary N) is 2. The monoisotopic (exact) mass is 388 g/mol. The van der Waals surface area contributed by atoms with Gasteiger partial charge in [-0.2, -0.15) is 0 Å². The predicted octanol–water partition coefficient (Wildman–Crippen LogP) is 1.62. The Kier molecular flexibility index (Phi) is 6.77. The summed E-state index contributed by atoms with van der Waals surface area (Å²) in [5.41, 5.74) is 6.76. The van der Waals surface area contributed by atoms with Crippen LogP contribution in [0.1, 0.15) is 35.7 Å². The van der Waals surface area contributed by atoms with E-state index in [9.17, 15) is 4.79 Å². The van der Waals surface area contributed by atoms with Gasteiger partial charge in [0, 0.05) is 18.2 Å². The maximum Gasteiger partial charge on any atom is 0.248 e. The Morgan fingerprint density at radius 3 is 2.80 bits per heavy atom. The summed E-state index contributed by atoms with van der Waals surface area (Å²) in [5.74, 6) is 0.420. The molecule has 5 nitrogen and oxygen atoms in total. The van der Waals surface area contributed by atoms with Crippen LogP contribution in [-0.2, 0) is 6.54 Å². The number of nitrogens with two attached hydrogens (primary N) is 1. The Labute approximate surface area is 136 Å². The summed E-state index contributed by atoms with van der Waals surface area (Å²) in [5, 5.41) is 6.56. The molecule has 110 valence electrons. The summed E-state index contributed by atoms with van der Waals surface area (Å²) in [4.78, 5) is 15.6. The van der Waals surface area contributed by atoms with Crippen LogP contribution in [0.2, 0.25) is 0 Å². The van der Waals surface area contributed by atoms with Gasteiger partial charge < -0.3 is 16.4 Å². The highest BCUT2D eigenvalue weighted by atomic mass is 127. The second-order valence-electron chi connectivity index (χ2n) is 4.68. The van der Waals surface area contributed by atoms with Crippen LogP contribution < -0.4 is 16.4 Å². The van der Waals surface area contributed by atoms with E-state index in [-0.39, 0.29) is 24.0 Å². The number of benzene rings is 1. The average molecular weight is 388 g/mol. The van der Waals surface area contributed by atoms with Gasteiger partial charge in [-0.1, -0.05) is 12.1 Å². The molecular weight excluding hydrogens is 367 g/mol. The molecule has 1 amide bonds. The summed E-state index contributed by atoms with van der Waals surface area (Å²) in [6.07, 6.45) is 2.42. The van der Waals surface area contributed by atoms with Gasteiger partial charge in [0.15, 0.2) is 5.96 Å². The molecule has 1 aliphatic carbocycles. The number of hydrogen-bond donors (Lipinski definition) is 3. The van der Waals surface area contributed by atoms with Gasteiger partial charge in [0.1, 0.15) is 0 Å². The normalized spacial score (nSPS) is 14.3. The molecule has 4 N–H and O–H groups in total. The average Bonchev–Trinajstić information content (AvgIpc) is 3.20. The minimum absolute atomic E-state index is 0. The Bertz CT molecular complexity index is 486. The van der Waals surface area contributed by atoms with E-state index in [4.69, 9.17) is 5.73 Å². The van der Waals surface area contributed by atoms with Crippen molar-refractivity contribution >= 4 is 35.8 Å². The Morgan fingerprint density at radius 2 is 2.20 bits per heavy atom. The first kappa shape index (κ1) is 16.7. The standard InChI is InChI=1S/C14H20N4O.HI/c1-2-16-14(18-12-6-7-12)17-9-10-4-3-5-11(8-10)13(15)19;/h3-5,8,12H,2,6-7,9H2,1H3,(H2,15,19)(H2,16,17,18);1H. The van der Waals surface area contributed by atoms with Crippen LogP contribution >= 0.6 is 24.0 Å². The lowest BCUT2D eigenvalue weighted by Gasteiger charge is -2.10. The van der Waals surface area contributed by atoms with Crippen LogP contribution in [0, 0.1) is 0 Å². The van der Waals surface area contributed by atoms with Gasteiger partial charge in [-0.05, 0) is 37.5 Å². The molecular formula is C14H21IN4O. The highest BCUT2D eigenvalue weighted by Gasteiger charge is 2.21. The zero-order valence-electron chi connectivity index (χ0n) is 11.6. The maximum atomic E-state index is 11.1. The topological polar surface area (TPSA) is 79.5 Å². The number of primary amides is 1. The predicted molar refractivity (Wildman–Crippen MR) is 91.3 cm³/mol. The van der Waals surface area contributed by atoms with E-state index in [1.54, 1.807) is 12.1 Å². The van der Waals surface area contributed by atoms with E-state index < -0.39 is 5.91 Å². The van der Waals surface area contributed by atoms with Gasteiger partial charge >= 0.3 is 0 Å². The summed E-state index contributed by atoms with van der Waals surface area (Å²) in [6.45, 7) is 3.40. The molecule has 1 aromatic carbocycles. The van der Waals surface area contributed by atoms with Gasteiger partial charge in [-0.15, -0.1) is 24.0 Å². The molecule has 0 aromatic heterocycles. The SMILES string of the molecule is CCNC(=NCc1cccc(C(N)=O)c1)NC1CC1.I. The van der Waals surface area contributed by atoms with Gasteiger partial charge in [0.25, 0.3) is 0 Å². The number of aliphatic imine (C=N–C) groups is 1. The molecule has 1 fully saturated rings. The molecule has 0 radical (unpaired) electrons. The molecule has 1 aliphatic rings. The summed E-state index contributed by atoms with van der Waals surface area (Å²) in [7, 11) is 0. The molecule has 20 heavy (non-hydrogen) atoms. The first-order valence-corrected chi connectivity index (χ1v) is 6.62. The van der Waals surface area contributed by atoms with Crippen molar-refractivity contribution in [3.05, 3.63) is 35.4 Å². The highest BCUT2D eigenvalue weighted by Crippen LogP contribution is 2.18. The molecule has 0 heterocycles. The summed E-state index contributed by atoms with van der Waals surface area (Å²) < 4.78 is 0. The molecule has 0 bridgehead atoms. The largest absolute Gasteiger partial charge is 0.366 e. The van der Waals surface area contributed by atoms with E-state index in [0.717, 1.165) is 18.1 Å². The first-order chi connectivity index (χ1) is 9.19. The third-order valence-corrected chi connectivity index (χ3v) is 2.89. The summed E-state index contributed by atoms with van der Waals surface area (Å²) >= 11 is 0. The number of carbonyl (C=O) groups excluding carboxylic acids is 1. The van der Waals surface area contributed by atoms with Gasteiger partial charge in [0.2, 0.25) is 5.91 Å². The highest BCUT2D eigenvalue weighted by molar-refractivity contribution is 14.0. The van der Waals surface area contributed by atoms with Crippen LogP contribution in [0.25, 0.3) is 0 Å². The van der Waals surface area contributed by atoms with Gasteiger partial charge in [-0.3, -0.25) is 4.79 Å². The van der Waals surface area contributed by atoms with E-state index in [1.807, 2.05) is 19.1 Å². The fourth-order valence-corrected chi connectivity index (χ4v) is 1.73. The molecule has 0 unspecified atom stereocenters. The molecule has 1 saturated carbocycles. The number of hydrogen-bond acceptors (Lipinski definition) is 2. The lowest BCUT2D eigenvalue weighted by molar-refractivity contribution is 0.1000. The minimum Gasteiger partial charge on any atom is -0.366 e. The van der Waals surface area contributed by atoms with Crippen molar-refractivity contribution in [2.24, 2.45) is 10.7 Å². The number of guanidine groups is 1. The smallest absolute Gasteiger partial charge is 0.248 e. The lowest BCUT2D eigenvalue weighted by Crippen LogP contribution is -2.38. The van der Waals surface area contributed by atoms with Crippen LogP contribution in [0.15, 0.2) is 29.3 Å². The molecule has 0 saturated heterocycles. The van der Waals surface area contributed by atoms with E-state index in [2.05, 4.69) is 15.6 Å². The van der Waals surface area contributed by atoms with Crippen LogP contribution in [-0.4, -0.2) is 24.5 Å². The Balaban J connectivity index is 0.00000200. The van der Waals surface area contributed by atoms with E-state index in [1.165, 1.54) is 12.8 Å².